The highest BCUT2D eigenvalue weighted by atomic mass is 16.5. The van der Waals surface area contributed by atoms with Crippen LogP contribution in [0.5, 0.6) is 0 Å². The van der Waals surface area contributed by atoms with Crippen molar-refractivity contribution in [2.24, 2.45) is 0 Å². The van der Waals surface area contributed by atoms with Gasteiger partial charge in [-0.3, -0.25) is 9.59 Å². The van der Waals surface area contributed by atoms with E-state index in [1.54, 1.807) is 28.5 Å². The Labute approximate surface area is 370 Å². The van der Waals surface area contributed by atoms with Crippen molar-refractivity contribution in [2.45, 2.75) is 62.8 Å². The zero-order valence-electron chi connectivity index (χ0n) is 36.0. The van der Waals surface area contributed by atoms with Crippen LogP contribution in [0.1, 0.15) is 60.7 Å². The van der Waals surface area contributed by atoms with Gasteiger partial charge in [-0.1, -0.05) is 78.9 Å². The summed E-state index contributed by atoms with van der Waals surface area (Å²) in [5, 5.41) is 5.32. The number of carbonyl (C=O) groups excluding carboxylic acids is 4. The number of methoxy groups -OCH3 is 3. The topological polar surface area (TPSA) is 202 Å². The molecule has 64 heavy (non-hydrogen) atoms. The van der Waals surface area contributed by atoms with E-state index in [9.17, 15) is 19.2 Å². The first kappa shape index (κ1) is 43.4. The first-order chi connectivity index (χ1) is 31.2. The van der Waals surface area contributed by atoms with Crippen molar-refractivity contribution in [3.63, 3.8) is 0 Å². The monoisotopic (exact) mass is 868 g/mol. The van der Waals surface area contributed by atoms with Crippen LogP contribution in [0.2, 0.25) is 0 Å². The molecule has 332 valence electrons. The first-order valence-corrected chi connectivity index (χ1v) is 21.4. The Hall–Kier alpha value is -7.27. The molecular formula is C47H52N10O7. The molecule has 8 rings (SSSR count). The Kier molecular flexibility index (Phi) is 13.4. The smallest absolute Gasteiger partial charge is 0.407 e. The van der Waals surface area contributed by atoms with Crippen LogP contribution in [-0.4, -0.2) is 116 Å². The maximum absolute atomic E-state index is 14.1. The van der Waals surface area contributed by atoms with Crippen molar-refractivity contribution in [2.75, 3.05) is 41.0 Å². The lowest BCUT2D eigenvalue weighted by Gasteiger charge is -2.28. The predicted octanol–water partition coefficient (Wildman–Crippen LogP) is 6.04. The summed E-state index contributed by atoms with van der Waals surface area (Å²) in [6.45, 7) is 1.74. The number of aromatic nitrogens is 6. The Balaban J connectivity index is 0.903. The number of imidazole rings is 3. The van der Waals surface area contributed by atoms with E-state index in [0.717, 1.165) is 64.9 Å². The molecule has 0 unspecified atom stereocenters. The molecule has 2 aliphatic heterocycles. The Morgan fingerprint density at radius 2 is 1.17 bits per heavy atom. The number of nitrogens with zero attached hydrogens (tertiary/aromatic N) is 6. The van der Waals surface area contributed by atoms with Crippen LogP contribution >= 0.6 is 0 Å². The first-order valence-electron chi connectivity index (χ1n) is 21.4. The average molecular weight is 869 g/mol. The minimum absolute atomic E-state index is 0.0229. The second-order valence-corrected chi connectivity index (χ2v) is 16.0. The van der Waals surface area contributed by atoms with Crippen LogP contribution in [0.15, 0.2) is 104 Å². The fraction of sp³-hybridized carbons (Fsp3) is 0.340. The molecule has 5 heterocycles. The minimum atomic E-state index is -0.875. The molecule has 0 aliphatic carbocycles. The van der Waals surface area contributed by atoms with Crippen LogP contribution in [0, 0.1) is 0 Å². The number of alkyl carbamates (subject to hydrolysis) is 2. The largest absolute Gasteiger partial charge is 0.453 e. The molecule has 4 N–H and O–H groups in total. The molecule has 2 saturated heterocycles. The SMILES string of the molecule is COC[C@H](NC(=O)OC)C(=O)N1CCC[C@H]1c1ncc(-c2ccc(-c3ccc(-c4cnc([C@@H]5CCCN5C(=O)[C@H](Cc5cn(Cc6ccccc6)cn5)NC(=O)OC)[nH]4)cc3)cc2)[nH]1. The molecule has 2 aliphatic rings. The number of aromatic amines is 2. The molecule has 4 amide bonds. The fourth-order valence-electron chi connectivity index (χ4n) is 8.57. The van der Waals surface area contributed by atoms with E-state index in [1.807, 2.05) is 65.4 Å². The van der Waals surface area contributed by atoms with Crippen LogP contribution in [0.25, 0.3) is 33.6 Å². The van der Waals surface area contributed by atoms with Gasteiger partial charge in [0.2, 0.25) is 11.8 Å². The van der Waals surface area contributed by atoms with E-state index in [0.29, 0.717) is 37.0 Å². The standard InChI is InChI=1S/C47H52N10O7/c1-62-28-39(54-47(61)64-3)45(59)57-22-8-12-41(57)43-49-25-38(52-43)34-19-15-32(16-20-34)31-13-17-33(18-14-31)37-24-48-42(51-37)40-11-7-21-56(40)44(58)36(53-46(60)63-2)23-35-27-55(29-50-35)26-30-9-5-4-6-10-30/h4-6,9-10,13-20,24-25,27,29,36,39-41H,7-8,11-12,21-23,26,28H2,1-3H3,(H,48,51)(H,49,52)(H,53,60)(H,54,61)/t36-,39-,40-,41-/m0/s1. The summed E-state index contributed by atoms with van der Waals surface area (Å²) < 4.78 is 16.8. The molecule has 4 atom stereocenters. The minimum Gasteiger partial charge on any atom is -0.453 e. The second kappa shape index (κ2) is 19.8. The molecule has 3 aromatic carbocycles. The molecule has 0 bridgehead atoms. The molecule has 0 spiro atoms. The van der Waals surface area contributed by atoms with Gasteiger partial charge in [0.05, 0.1) is 68.7 Å². The predicted molar refractivity (Wildman–Crippen MR) is 236 cm³/mol. The number of amides is 4. The highest BCUT2D eigenvalue weighted by Gasteiger charge is 2.38. The maximum Gasteiger partial charge on any atom is 0.407 e. The highest BCUT2D eigenvalue weighted by Crippen LogP contribution is 2.35. The molecular weight excluding hydrogens is 817 g/mol. The molecule has 6 aromatic rings. The molecule has 0 saturated carbocycles. The third-order valence-electron chi connectivity index (χ3n) is 11.8. The van der Waals surface area contributed by atoms with Gasteiger partial charge in [-0.25, -0.2) is 24.5 Å². The number of hydrogen-bond donors (Lipinski definition) is 4. The van der Waals surface area contributed by atoms with E-state index >= 15 is 0 Å². The van der Waals surface area contributed by atoms with Crippen LogP contribution in [0.3, 0.4) is 0 Å². The molecule has 0 radical (unpaired) electrons. The number of rotatable bonds is 15. The number of likely N-dealkylation sites (tertiary alicyclic amines) is 2. The van der Waals surface area contributed by atoms with Gasteiger partial charge < -0.3 is 49.2 Å². The van der Waals surface area contributed by atoms with Crippen molar-refractivity contribution in [1.82, 2.24) is 49.9 Å². The number of hydrogen-bond acceptors (Lipinski definition) is 10. The van der Waals surface area contributed by atoms with E-state index in [4.69, 9.17) is 19.2 Å². The van der Waals surface area contributed by atoms with Crippen molar-refractivity contribution in [1.29, 1.82) is 0 Å². The van der Waals surface area contributed by atoms with Gasteiger partial charge in [0.15, 0.2) is 0 Å². The Bertz CT molecular complexity index is 2540. The van der Waals surface area contributed by atoms with Gasteiger partial charge in [-0.15, -0.1) is 0 Å². The lowest BCUT2D eigenvalue weighted by molar-refractivity contribution is -0.136. The van der Waals surface area contributed by atoms with Crippen LogP contribution < -0.4 is 10.6 Å². The molecule has 2 fully saturated rings. The molecule has 17 heteroatoms. The summed E-state index contributed by atoms with van der Waals surface area (Å²) in [6, 6.07) is 24.1. The number of H-pyrrole nitrogens is 2. The summed E-state index contributed by atoms with van der Waals surface area (Å²) in [5.74, 6) is 0.897. The van der Waals surface area contributed by atoms with Crippen LogP contribution in [-0.2, 0) is 36.8 Å². The zero-order chi connectivity index (χ0) is 44.6. The lowest BCUT2D eigenvalue weighted by atomic mass is 10.0. The highest BCUT2D eigenvalue weighted by molar-refractivity contribution is 5.87. The fourth-order valence-corrected chi connectivity index (χ4v) is 8.57. The Morgan fingerprint density at radius 1 is 0.672 bits per heavy atom. The summed E-state index contributed by atoms with van der Waals surface area (Å²) >= 11 is 0. The molecule has 3 aromatic heterocycles. The quantitative estimate of drug-likeness (QED) is 0.0943. The van der Waals surface area contributed by atoms with E-state index < -0.39 is 24.3 Å². The number of nitrogens with one attached hydrogen (secondary N) is 4. The van der Waals surface area contributed by atoms with Crippen molar-refractivity contribution in [3.8, 4) is 33.6 Å². The third kappa shape index (κ3) is 9.84. The number of benzene rings is 3. The number of ether oxygens (including phenoxy) is 3. The van der Waals surface area contributed by atoms with Crippen molar-refractivity contribution < 1.29 is 33.4 Å². The van der Waals surface area contributed by atoms with Gasteiger partial charge in [0.1, 0.15) is 23.7 Å². The Morgan fingerprint density at radius 3 is 1.69 bits per heavy atom. The van der Waals surface area contributed by atoms with E-state index in [2.05, 4.69) is 54.8 Å². The molecule has 17 nitrogen and oxygen atoms in total. The van der Waals surface area contributed by atoms with E-state index in [1.165, 1.54) is 21.3 Å². The summed E-state index contributed by atoms with van der Waals surface area (Å²) in [4.78, 5) is 76.3. The summed E-state index contributed by atoms with van der Waals surface area (Å²) in [5.41, 5.74) is 7.44. The van der Waals surface area contributed by atoms with Gasteiger partial charge in [0.25, 0.3) is 0 Å². The van der Waals surface area contributed by atoms with Crippen molar-refractivity contribution >= 4 is 24.0 Å². The lowest BCUT2D eigenvalue weighted by Crippen LogP contribution is -2.50. The third-order valence-corrected chi connectivity index (χ3v) is 11.8. The van der Waals surface area contributed by atoms with Gasteiger partial charge in [0, 0.05) is 39.4 Å². The average Bonchev–Trinajstić information content (AvgIpc) is 4.19. The van der Waals surface area contributed by atoms with Crippen molar-refractivity contribution in [3.05, 3.63) is 127 Å². The van der Waals surface area contributed by atoms with Gasteiger partial charge >= 0.3 is 12.2 Å². The normalized spacial score (nSPS) is 16.9. The van der Waals surface area contributed by atoms with E-state index in [-0.39, 0.29) is 36.9 Å². The van der Waals surface area contributed by atoms with Gasteiger partial charge in [-0.05, 0) is 53.5 Å². The van der Waals surface area contributed by atoms with Crippen LogP contribution in [0.4, 0.5) is 9.59 Å². The second-order valence-electron chi connectivity index (χ2n) is 16.0. The van der Waals surface area contributed by atoms with Gasteiger partial charge in [-0.2, -0.15) is 0 Å². The number of carbonyl (C=O) groups is 4. The summed E-state index contributed by atoms with van der Waals surface area (Å²) in [7, 11) is 4.01. The zero-order valence-corrected chi connectivity index (χ0v) is 36.0. The maximum atomic E-state index is 14.1. The summed E-state index contributed by atoms with van der Waals surface area (Å²) in [6.07, 6.45) is 9.11.